The number of nitrogens with one attached hydrogen (secondary N) is 2. The number of aryl methyl sites for hydroxylation is 1. The molecule has 5 nitrogen and oxygen atoms in total. The molecule has 1 atom stereocenters. The first kappa shape index (κ1) is 15.7. The summed E-state index contributed by atoms with van der Waals surface area (Å²) < 4.78 is 0. The number of urea groups is 1. The van der Waals surface area contributed by atoms with Crippen LogP contribution in [0.15, 0.2) is 24.3 Å². The second-order valence-corrected chi connectivity index (χ2v) is 6.21. The molecule has 3 N–H and O–H groups in total. The van der Waals surface area contributed by atoms with Gasteiger partial charge in [0.2, 0.25) is 0 Å². The topological polar surface area (TPSA) is 78.4 Å². The average molecular weight is 308 g/mol. The lowest BCUT2D eigenvalue weighted by Crippen LogP contribution is -2.41. The second-order valence-electron chi connectivity index (χ2n) is 5.06. The van der Waals surface area contributed by atoms with Gasteiger partial charge in [-0.1, -0.05) is 18.2 Å². The Labute approximate surface area is 128 Å². The zero-order valence-electron chi connectivity index (χ0n) is 11.8. The van der Waals surface area contributed by atoms with Gasteiger partial charge in [-0.15, -0.1) is 0 Å². The molecule has 1 heterocycles. The molecule has 0 radical (unpaired) electrons. The highest BCUT2D eigenvalue weighted by atomic mass is 32.2. The van der Waals surface area contributed by atoms with E-state index in [0.29, 0.717) is 12.1 Å². The molecule has 114 valence electrons. The van der Waals surface area contributed by atoms with Crippen molar-refractivity contribution in [2.45, 2.75) is 31.7 Å². The molecule has 0 aliphatic carbocycles. The number of aliphatic carboxylic acids is 1. The van der Waals surface area contributed by atoms with E-state index < -0.39 is 5.97 Å². The molecule has 0 aromatic heterocycles. The molecule has 0 saturated carbocycles. The fourth-order valence-electron chi connectivity index (χ4n) is 2.30. The molecule has 6 heteroatoms. The lowest BCUT2D eigenvalue weighted by atomic mass is 10.1. The Morgan fingerprint density at radius 3 is 2.86 bits per heavy atom. The van der Waals surface area contributed by atoms with Gasteiger partial charge in [-0.2, -0.15) is 11.8 Å². The van der Waals surface area contributed by atoms with Gasteiger partial charge in [0.25, 0.3) is 0 Å². The molecule has 2 amide bonds. The maximum absolute atomic E-state index is 12.0. The third-order valence-electron chi connectivity index (χ3n) is 3.37. The number of hydrogen-bond donors (Lipinski definition) is 3. The lowest BCUT2D eigenvalue weighted by molar-refractivity contribution is -0.136. The Morgan fingerprint density at radius 1 is 1.33 bits per heavy atom. The number of benzene rings is 1. The Hall–Kier alpha value is -1.69. The van der Waals surface area contributed by atoms with Crippen LogP contribution in [0.1, 0.15) is 24.8 Å². The first-order valence-corrected chi connectivity index (χ1v) is 8.25. The maximum Gasteiger partial charge on any atom is 0.319 e. The number of hydrogen-bond acceptors (Lipinski definition) is 3. The summed E-state index contributed by atoms with van der Waals surface area (Å²) in [4.78, 5) is 22.7. The number of thioether (sulfide) groups is 1. The number of carboxylic acids is 1. The summed E-state index contributed by atoms with van der Waals surface area (Å²) in [5, 5.41) is 14.6. The normalized spacial score (nSPS) is 18.0. The summed E-state index contributed by atoms with van der Waals surface area (Å²) in [5.74, 6) is 1.28. The molecule has 1 aromatic carbocycles. The Kier molecular flexibility index (Phi) is 5.92. The van der Waals surface area contributed by atoms with Crippen LogP contribution in [0.25, 0.3) is 0 Å². The molecule has 0 spiro atoms. The summed E-state index contributed by atoms with van der Waals surface area (Å²) in [5.41, 5.74) is 1.52. The maximum atomic E-state index is 12.0. The number of carbonyl (C=O) groups is 2. The molecule has 1 fully saturated rings. The van der Waals surface area contributed by atoms with Crippen LogP contribution in [-0.2, 0) is 11.2 Å². The standard InChI is InChI=1S/C15H20N2O3S/c18-14(19)8-7-11-4-1-2-6-13(11)17-15(20)16-12-5-3-9-21-10-12/h1-2,4,6,12H,3,5,7-10H2,(H,18,19)(H2,16,17,20). The highest BCUT2D eigenvalue weighted by molar-refractivity contribution is 7.99. The van der Waals surface area contributed by atoms with E-state index in [4.69, 9.17) is 5.11 Å². The van der Waals surface area contributed by atoms with Crippen molar-refractivity contribution < 1.29 is 14.7 Å². The van der Waals surface area contributed by atoms with Crippen molar-refractivity contribution in [3.8, 4) is 0 Å². The Morgan fingerprint density at radius 2 is 2.14 bits per heavy atom. The van der Waals surface area contributed by atoms with E-state index >= 15 is 0 Å². The predicted octanol–water partition coefficient (Wildman–Crippen LogP) is 2.72. The number of carboxylic acid groups (broad SMARTS) is 1. The van der Waals surface area contributed by atoms with E-state index in [0.717, 1.165) is 29.9 Å². The molecule has 2 rings (SSSR count). The number of para-hydroxylation sites is 1. The second kappa shape index (κ2) is 7.93. The van der Waals surface area contributed by atoms with Crippen molar-refractivity contribution in [3.05, 3.63) is 29.8 Å². The van der Waals surface area contributed by atoms with Gasteiger partial charge < -0.3 is 15.7 Å². The minimum absolute atomic E-state index is 0.0551. The fraction of sp³-hybridized carbons (Fsp3) is 0.467. The summed E-state index contributed by atoms with van der Waals surface area (Å²) in [6.07, 6.45) is 2.61. The van der Waals surface area contributed by atoms with E-state index in [9.17, 15) is 9.59 Å². The Balaban J connectivity index is 1.91. The molecule has 1 aliphatic heterocycles. The molecular formula is C15H20N2O3S. The van der Waals surface area contributed by atoms with E-state index in [2.05, 4.69) is 10.6 Å². The summed E-state index contributed by atoms with van der Waals surface area (Å²) in [6, 6.07) is 7.32. The molecule has 1 aliphatic rings. The van der Waals surface area contributed by atoms with Gasteiger partial charge in [-0.05, 0) is 36.6 Å². The third-order valence-corrected chi connectivity index (χ3v) is 4.58. The van der Waals surface area contributed by atoms with Crippen molar-refractivity contribution in [1.29, 1.82) is 0 Å². The van der Waals surface area contributed by atoms with Crippen LogP contribution in [-0.4, -0.2) is 34.7 Å². The molecular weight excluding hydrogens is 288 g/mol. The van der Waals surface area contributed by atoms with Crippen molar-refractivity contribution in [2.75, 3.05) is 16.8 Å². The van der Waals surface area contributed by atoms with Gasteiger partial charge in [-0.25, -0.2) is 4.79 Å². The third kappa shape index (κ3) is 5.30. The van der Waals surface area contributed by atoms with E-state index in [1.54, 1.807) is 6.07 Å². The van der Waals surface area contributed by atoms with Gasteiger partial charge in [0.1, 0.15) is 0 Å². The summed E-state index contributed by atoms with van der Waals surface area (Å²) in [6.45, 7) is 0. The van der Waals surface area contributed by atoms with E-state index in [1.807, 2.05) is 30.0 Å². The lowest BCUT2D eigenvalue weighted by Gasteiger charge is -2.23. The van der Waals surface area contributed by atoms with Gasteiger partial charge in [0.05, 0.1) is 0 Å². The van der Waals surface area contributed by atoms with Gasteiger partial charge in [0.15, 0.2) is 0 Å². The summed E-state index contributed by atoms with van der Waals surface area (Å²) in [7, 11) is 0. The van der Waals surface area contributed by atoms with Crippen LogP contribution >= 0.6 is 11.8 Å². The Bertz CT molecular complexity index is 501. The van der Waals surface area contributed by atoms with Crippen molar-refractivity contribution in [3.63, 3.8) is 0 Å². The van der Waals surface area contributed by atoms with Gasteiger partial charge in [-0.3, -0.25) is 4.79 Å². The average Bonchev–Trinajstić information content (AvgIpc) is 2.47. The SMILES string of the molecule is O=C(O)CCc1ccccc1NC(=O)NC1CCCSC1. The van der Waals surface area contributed by atoms with E-state index in [1.165, 1.54) is 0 Å². The van der Waals surface area contributed by atoms with Crippen LogP contribution in [0.3, 0.4) is 0 Å². The number of carbonyl (C=O) groups excluding carboxylic acids is 1. The molecule has 1 unspecified atom stereocenters. The number of amides is 2. The number of anilines is 1. The van der Waals surface area contributed by atoms with Crippen LogP contribution in [0, 0.1) is 0 Å². The highest BCUT2D eigenvalue weighted by Crippen LogP contribution is 2.19. The molecule has 1 aromatic rings. The first-order valence-electron chi connectivity index (χ1n) is 7.10. The largest absolute Gasteiger partial charge is 0.481 e. The zero-order valence-corrected chi connectivity index (χ0v) is 12.6. The first-order chi connectivity index (χ1) is 10.1. The van der Waals surface area contributed by atoms with Gasteiger partial charge >= 0.3 is 12.0 Å². The van der Waals surface area contributed by atoms with Gasteiger partial charge in [0, 0.05) is 23.9 Å². The van der Waals surface area contributed by atoms with Crippen LogP contribution in [0.4, 0.5) is 10.5 Å². The molecule has 21 heavy (non-hydrogen) atoms. The predicted molar refractivity (Wildman–Crippen MR) is 84.9 cm³/mol. The quantitative estimate of drug-likeness (QED) is 0.781. The zero-order chi connectivity index (χ0) is 15.1. The highest BCUT2D eigenvalue weighted by Gasteiger charge is 2.16. The molecule has 0 bridgehead atoms. The fourth-order valence-corrected chi connectivity index (χ4v) is 3.37. The van der Waals surface area contributed by atoms with Crippen molar-refractivity contribution in [2.24, 2.45) is 0 Å². The van der Waals surface area contributed by atoms with Crippen LogP contribution in [0.2, 0.25) is 0 Å². The van der Waals surface area contributed by atoms with Crippen molar-refractivity contribution >= 4 is 29.4 Å². The minimum Gasteiger partial charge on any atom is -0.481 e. The molecule has 1 saturated heterocycles. The van der Waals surface area contributed by atoms with Crippen molar-refractivity contribution in [1.82, 2.24) is 5.32 Å². The van der Waals surface area contributed by atoms with Crippen LogP contribution in [0.5, 0.6) is 0 Å². The summed E-state index contributed by atoms with van der Waals surface area (Å²) >= 11 is 1.86. The monoisotopic (exact) mass is 308 g/mol. The minimum atomic E-state index is -0.839. The number of rotatable bonds is 5. The smallest absolute Gasteiger partial charge is 0.319 e. The van der Waals surface area contributed by atoms with E-state index in [-0.39, 0.29) is 18.5 Å². The van der Waals surface area contributed by atoms with Crippen LogP contribution < -0.4 is 10.6 Å².